The maximum Gasteiger partial charge on any atom is 0.243 e. The van der Waals surface area contributed by atoms with E-state index in [2.05, 4.69) is 0 Å². The minimum atomic E-state index is -4.15. The van der Waals surface area contributed by atoms with Crippen LogP contribution in [0.2, 0.25) is 0 Å². The molecule has 1 aromatic rings. The van der Waals surface area contributed by atoms with Gasteiger partial charge in [0.05, 0.1) is 18.9 Å². The molecule has 0 bridgehead atoms. The standard InChI is InChI=1S/C14H19FN2O4S/c1-10-6-11(15)13(22(16,18)19)12(7-10)17-3-5-21-14(8-17)2-4-20-9-14/h6-7H,2-5,8-9H2,1H3,(H2,16,18,19). The molecule has 0 amide bonds. The molecule has 2 heterocycles. The Bertz CT molecular complexity index is 686. The van der Waals surface area contributed by atoms with Crippen molar-refractivity contribution in [3.8, 4) is 0 Å². The molecule has 2 aliphatic rings. The Kier molecular flexibility index (Phi) is 3.88. The molecule has 2 saturated heterocycles. The van der Waals surface area contributed by atoms with Crippen molar-refractivity contribution < 1.29 is 22.3 Å². The number of anilines is 1. The van der Waals surface area contributed by atoms with E-state index in [1.807, 2.05) is 4.90 Å². The number of sulfonamides is 1. The SMILES string of the molecule is Cc1cc(F)c(S(N)(=O)=O)c(N2CCOC3(CCOC3)C2)c1. The van der Waals surface area contributed by atoms with Gasteiger partial charge in [-0.1, -0.05) is 0 Å². The summed E-state index contributed by atoms with van der Waals surface area (Å²) in [6.45, 7) is 4.16. The topological polar surface area (TPSA) is 81.9 Å². The molecule has 2 aliphatic heterocycles. The highest BCUT2D eigenvalue weighted by Gasteiger charge is 2.41. The summed E-state index contributed by atoms with van der Waals surface area (Å²) in [4.78, 5) is 1.38. The third kappa shape index (κ3) is 2.83. The highest BCUT2D eigenvalue weighted by Crippen LogP contribution is 2.34. The predicted octanol–water partition coefficient (Wildman–Crippen LogP) is 0.777. The van der Waals surface area contributed by atoms with Gasteiger partial charge in [0.2, 0.25) is 10.0 Å². The van der Waals surface area contributed by atoms with Gasteiger partial charge in [0.25, 0.3) is 0 Å². The average Bonchev–Trinajstić information content (AvgIpc) is 2.84. The van der Waals surface area contributed by atoms with Crippen molar-refractivity contribution in [1.29, 1.82) is 0 Å². The summed E-state index contributed by atoms with van der Waals surface area (Å²) in [6, 6.07) is 2.83. The van der Waals surface area contributed by atoms with E-state index in [0.717, 1.165) is 6.42 Å². The first-order chi connectivity index (χ1) is 10.3. The number of hydrogen-bond acceptors (Lipinski definition) is 5. The smallest absolute Gasteiger partial charge is 0.243 e. The number of halogens is 1. The third-order valence-electron chi connectivity index (χ3n) is 4.11. The number of hydrogen-bond donors (Lipinski definition) is 1. The fourth-order valence-corrected chi connectivity index (χ4v) is 3.92. The molecule has 8 heteroatoms. The zero-order chi connectivity index (χ0) is 16.0. The van der Waals surface area contributed by atoms with Crippen molar-refractivity contribution in [2.45, 2.75) is 23.8 Å². The summed E-state index contributed by atoms with van der Waals surface area (Å²) in [6.07, 6.45) is 0.739. The van der Waals surface area contributed by atoms with Crippen LogP contribution in [-0.4, -0.2) is 46.9 Å². The number of ether oxygens (including phenoxy) is 2. The Labute approximate surface area is 129 Å². The van der Waals surface area contributed by atoms with Crippen molar-refractivity contribution in [3.63, 3.8) is 0 Å². The second-order valence-electron chi connectivity index (χ2n) is 5.90. The van der Waals surface area contributed by atoms with Crippen LogP contribution in [0.3, 0.4) is 0 Å². The van der Waals surface area contributed by atoms with Crippen molar-refractivity contribution in [1.82, 2.24) is 0 Å². The molecule has 22 heavy (non-hydrogen) atoms. The first kappa shape index (κ1) is 15.7. The second kappa shape index (κ2) is 5.45. The fourth-order valence-electron chi connectivity index (χ4n) is 3.10. The van der Waals surface area contributed by atoms with Crippen LogP contribution in [0, 0.1) is 12.7 Å². The highest BCUT2D eigenvalue weighted by atomic mass is 32.2. The quantitative estimate of drug-likeness (QED) is 0.866. The molecule has 3 rings (SSSR count). The molecule has 1 spiro atoms. The summed E-state index contributed by atoms with van der Waals surface area (Å²) in [5.74, 6) is -0.819. The van der Waals surface area contributed by atoms with Gasteiger partial charge in [-0.3, -0.25) is 0 Å². The second-order valence-corrected chi connectivity index (χ2v) is 7.39. The molecule has 0 aliphatic carbocycles. The molecule has 2 N–H and O–H groups in total. The lowest BCUT2D eigenvalue weighted by atomic mass is 10.00. The van der Waals surface area contributed by atoms with E-state index in [4.69, 9.17) is 14.6 Å². The summed E-state index contributed by atoms with van der Waals surface area (Å²) in [5.41, 5.74) is 0.492. The van der Waals surface area contributed by atoms with Crippen LogP contribution in [0.15, 0.2) is 17.0 Å². The monoisotopic (exact) mass is 330 g/mol. The van der Waals surface area contributed by atoms with Crippen LogP contribution in [0.4, 0.5) is 10.1 Å². The molecule has 0 radical (unpaired) electrons. The zero-order valence-electron chi connectivity index (χ0n) is 12.3. The van der Waals surface area contributed by atoms with E-state index in [9.17, 15) is 12.8 Å². The summed E-state index contributed by atoms with van der Waals surface area (Å²) in [5, 5.41) is 5.21. The minimum absolute atomic E-state index is 0.301. The zero-order valence-corrected chi connectivity index (χ0v) is 13.2. The minimum Gasteiger partial charge on any atom is -0.378 e. The largest absolute Gasteiger partial charge is 0.378 e. The van der Waals surface area contributed by atoms with Gasteiger partial charge in [-0.05, 0) is 24.6 Å². The fraction of sp³-hybridized carbons (Fsp3) is 0.571. The Hall–Kier alpha value is -1.22. The number of benzene rings is 1. The van der Waals surface area contributed by atoms with E-state index >= 15 is 0 Å². The Morgan fingerprint density at radius 2 is 2.14 bits per heavy atom. The number of aryl methyl sites for hydroxylation is 1. The predicted molar refractivity (Wildman–Crippen MR) is 78.8 cm³/mol. The van der Waals surface area contributed by atoms with Gasteiger partial charge in [0, 0.05) is 26.1 Å². The summed E-state index contributed by atoms with van der Waals surface area (Å²) in [7, 11) is -4.15. The van der Waals surface area contributed by atoms with Gasteiger partial charge in [0.1, 0.15) is 16.3 Å². The van der Waals surface area contributed by atoms with Crippen LogP contribution in [0.5, 0.6) is 0 Å². The first-order valence-corrected chi connectivity index (χ1v) is 8.65. The molecular formula is C14H19FN2O4S. The van der Waals surface area contributed by atoms with E-state index in [1.54, 1.807) is 13.0 Å². The van der Waals surface area contributed by atoms with Crippen molar-refractivity contribution in [2.24, 2.45) is 5.14 Å². The van der Waals surface area contributed by atoms with Gasteiger partial charge in [0.15, 0.2) is 0 Å². The van der Waals surface area contributed by atoms with Gasteiger partial charge in [-0.25, -0.2) is 17.9 Å². The molecule has 122 valence electrons. The molecule has 1 atom stereocenters. The van der Waals surface area contributed by atoms with E-state index in [-0.39, 0.29) is 0 Å². The molecule has 1 aromatic carbocycles. The molecule has 6 nitrogen and oxygen atoms in total. The Morgan fingerprint density at radius 3 is 2.77 bits per heavy atom. The normalized spacial score (nSPS) is 25.9. The van der Waals surface area contributed by atoms with Gasteiger partial charge < -0.3 is 14.4 Å². The van der Waals surface area contributed by atoms with E-state index in [0.29, 0.717) is 44.2 Å². The molecule has 1 unspecified atom stereocenters. The van der Waals surface area contributed by atoms with Crippen LogP contribution in [0.1, 0.15) is 12.0 Å². The number of primary sulfonamides is 1. The van der Waals surface area contributed by atoms with Crippen LogP contribution in [0.25, 0.3) is 0 Å². The summed E-state index contributed by atoms with van der Waals surface area (Å²) >= 11 is 0. The Balaban J connectivity index is 2.04. The first-order valence-electron chi connectivity index (χ1n) is 7.10. The number of nitrogens with two attached hydrogens (primary N) is 1. The lowest BCUT2D eigenvalue weighted by Crippen LogP contribution is -2.52. The van der Waals surface area contributed by atoms with Crippen molar-refractivity contribution >= 4 is 15.7 Å². The molecule has 0 saturated carbocycles. The lowest BCUT2D eigenvalue weighted by molar-refractivity contribution is -0.0580. The van der Waals surface area contributed by atoms with Gasteiger partial charge in [-0.15, -0.1) is 0 Å². The maximum atomic E-state index is 14.2. The highest BCUT2D eigenvalue weighted by molar-refractivity contribution is 7.89. The van der Waals surface area contributed by atoms with Crippen molar-refractivity contribution in [2.75, 3.05) is 37.8 Å². The maximum absolute atomic E-state index is 14.2. The number of nitrogens with zero attached hydrogens (tertiary/aromatic N) is 1. The van der Waals surface area contributed by atoms with Crippen LogP contribution in [-0.2, 0) is 19.5 Å². The number of morpholine rings is 1. The van der Waals surface area contributed by atoms with E-state index in [1.165, 1.54) is 6.07 Å². The lowest BCUT2D eigenvalue weighted by Gasteiger charge is -2.41. The van der Waals surface area contributed by atoms with Crippen LogP contribution >= 0.6 is 0 Å². The van der Waals surface area contributed by atoms with Gasteiger partial charge in [-0.2, -0.15) is 0 Å². The van der Waals surface area contributed by atoms with E-state index < -0.39 is 26.3 Å². The third-order valence-corrected chi connectivity index (χ3v) is 5.08. The molecule has 0 aromatic heterocycles. The molecular weight excluding hydrogens is 311 g/mol. The van der Waals surface area contributed by atoms with Crippen LogP contribution < -0.4 is 10.0 Å². The Morgan fingerprint density at radius 1 is 1.36 bits per heavy atom. The molecule has 2 fully saturated rings. The van der Waals surface area contributed by atoms with Crippen molar-refractivity contribution in [3.05, 3.63) is 23.5 Å². The number of rotatable bonds is 2. The van der Waals surface area contributed by atoms with Gasteiger partial charge >= 0.3 is 0 Å². The average molecular weight is 330 g/mol. The summed E-state index contributed by atoms with van der Waals surface area (Å²) < 4.78 is 49.0.